The molecular weight excluding hydrogens is 376 g/mol. The third-order valence-electron chi connectivity index (χ3n) is 3.65. The molecule has 25 heavy (non-hydrogen) atoms. The lowest BCUT2D eigenvalue weighted by Crippen LogP contribution is -2.28. The minimum atomic E-state index is -0.391. The fourth-order valence-corrected chi connectivity index (χ4v) is 4.65. The number of amides is 1. The zero-order valence-electron chi connectivity index (χ0n) is 15.4. The van der Waals surface area contributed by atoms with Gasteiger partial charge in [0.25, 0.3) is 0 Å². The Morgan fingerprint density at radius 2 is 1.88 bits per heavy atom. The van der Waals surface area contributed by atoms with Crippen LogP contribution < -0.4 is 5.32 Å². The van der Waals surface area contributed by atoms with Gasteiger partial charge in [0.15, 0.2) is 0 Å². The quantitative estimate of drug-likeness (QED) is 0.522. The summed E-state index contributed by atoms with van der Waals surface area (Å²) in [6, 6.07) is 0. The molecule has 8 heteroatoms. The minimum Gasteiger partial charge on any atom is -0.462 e. The Hall–Kier alpha value is -1.12. The third kappa shape index (κ3) is 5.97. The molecule has 0 radical (unpaired) electrons. The maximum absolute atomic E-state index is 12.3. The minimum absolute atomic E-state index is 0.172. The third-order valence-corrected chi connectivity index (χ3v) is 6.52. The van der Waals surface area contributed by atoms with Gasteiger partial charge >= 0.3 is 5.97 Å². The van der Waals surface area contributed by atoms with Crippen molar-refractivity contribution in [3.63, 3.8) is 0 Å². The summed E-state index contributed by atoms with van der Waals surface area (Å²) in [6.07, 6.45) is 0.805. The van der Waals surface area contributed by atoms with Crippen LogP contribution in [-0.2, 0) is 16.0 Å². The second-order valence-electron chi connectivity index (χ2n) is 5.20. The van der Waals surface area contributed by atoms with Crippen LogP contribution in [0.4, 0.5) is 5.00 Å². The van der Waals surface area contributed by atoms with E-state index in [9.17, 15) is 9.59 Å². The number of thiocarbonyl (C=S) groups is 1. The number of carbonyl (C=O) groups excluding carboxylic acids is 2. The normalized spacial score (nSPS) is 10.4. The molecule has 0 aliphatic rings. The van der Waals surface area contributed by atoms with Gasteiger partial charge in [-0.1, -0.05) is 30.9 Å². The Morgan fingerprint density at radius 3 is 2.40 bits per heavy atom. The Kier molecular flexibility index (Phi) is 9.45. The predicted molar refractivity (Wildman–Crippen MR) is 111 cm³/mol. The highest BCUT2D eigenvalue weighted by Gasteiger charge is 2.23. The van der Waals surface area contributed by atoms with Crippen molar-refractivity contribution in [3.05, 3.63) is 16.0 Å². The topological polar surface area (TPSA) is 58.6 Å². The highest BCUT2D eigenvalue weighted by Crippen LogP contribution is 2.34. The van der Waals surface area contributed by atoms with Crippen LogP contribution in [-0.4, -0.2) is 46.5 Å². The SMILES string of the molecule is CCOC(=O)c1c(NC(=O)CSC(=S)N(CC)CC)sc(CC)c1C. The lowest BCUT2D eigenvalue weighted by atomic mass is 10.1. The van der Waals surface area contributed by atoms with Gasteiger partial charge in [-0.05, 0) is 39.7 Å². The van der Waals surface area contributed by atoms with Gasteiger partial charge in [0.05, 0.1) is 17.9 Å². The molecule has 0 aliphatic carbocycles. The highest BCUT2D eigenvalue weighted by atomic mass is 32.2. The average Bonchev–Trinajstić information content (AvgIpc) is 2.89. The van der Waals surface area contributed by atoms with Crippen LogP contribution in [0.3, 0.4) is 0 Å². The maximum Gasteiger partial charge on any atom is 0.341 e. The van der Waals surface area contributed by atoms with Crippen molar-refractivity contribution in [3.8, 4) is 0 Å². The maximum atomic E-state index is 12.3. The Bertz CT molecular complexity index is 625. The van der Waals surface area contributed by atoms with Gasteiger partial charge in [-0.2, -0.15) is 0 Å². The van der Waals surface area contributed by atoms with Gasteiger partial charge in [-0.3, -0.25) is 4.79 Å². The van der Waals surface area contributed by atoms with E-state index in [0.717, 1.165) is 30.0 Å². The number of nitrogens with zero attached hydrogens (tertiary/aromatic N) is 1. The molecule has 1 aromatic rings. The fourth-order valence-electron chi connectivity index (χ4n) is 2.30. The van der Waals surface area contributed by atoms with Crippen LogP contribution in [0.25, 0.3) is 0 Å². The largest absolute Gasteiger partial charge is 0.462 e. The summed E-state index contributed by atoms with van der Waals surface area (Å²) in [5, 5.41) is 3.42. The van der Waals surface area contributed by atoms with E-state index in [1.807, 2.05) is 32.6 Å². The van der Waals surface area contributed by atoms with Crippen molar-refractivity contribution in [2.24, 2.45) is 0 Å². The molecule has 0 bridgehead atoms. The van der Waals surface area contributed by atoms with E-state index < -0.39 is 5.97 Å². The number of aryl methyl sites for hydroxylation is 1. The van der Waals surface area contributed by atoms with Crippen LogP contribution in [0.5, 0.6) is 0 Å². The first-order valence-corrected chi connectivity index (χ1v) is 10.6. The van der Waals surface area contributed by atoms with Crippen molar-refractivity contribution in [1.82, 2.24) is 4.90 Å². The monoisotopic (exact) mass is 402 g/mol. The summed E-state index contributed by atoms with van der Waals surface area (Å²) < 4.78 is 5.84. The molecule has 5 nitrogen and oxygen atoms in total. The number of esters is 1. The molecule has 0 saturated carbocycles. The van der Waals surface area contributed by atoms with Crippen LogP contribution in [0, 0.1) is 6.92 Å². The highest BCUT2D eigenvalue weighted by molar-refractivity contribution is 8.23. The Balaban J connectivity index is 2.83. The zero-order valence-corrected chi connectivity index (χ0v) is 17.9. The Labute approximate surface area is 163 Å². The molecule has 1 amide bonds. The molecule has 1 aromatic heterocycles. The van der Waals surface area contributed by atoms with Gasteiger partial charge in [-0.15, -0.1) is 11.3 Å². The number of thiophene rings is 1. The molecule has 0 aliphatic heterocycles. The first-order valence-electron chi connectivity index (χ1n) is 8.40. The molecule has 0 saturated heterocycles. The number of carbonyl (C=O) groups is 2. The summed E-state index contributed by atoms with van der Waals surface area (Å²) in [7, 11) is 0. The van der Waals surface area contributed by atoms with Gasteiger partial charge in [-0.25, -0.2) is 4.79 Å². The number of rotatable bonds is 8. The second-order valence-corrected chi connectivity index (χ2v) is 7.92. The van der Waals surface area contributed by atoms with E-state index in [4.69, 9.17) is 17.0 Å². The van der Waals surface area contributed by atoms with E-state index >= 15 is 0 Å². The molecule has 0 fully saturated rings. The predicted octanol–water partition coefficient (Wildman–Crippen LogP) is 4.09. The molecule has 1 rings (SSSR count). The van der Waals surface area contributed by atoms with Crippen LogP contribution in [0.1, 0.15) is 48.5 Å². The van der Waals surface area contributed by atoms with Crippen LogP contribution >= 0.6 is 35.3 Å². The first kappa shape index (κ1) is 21.9. The van der Waals surface area contributed by atoms with Crippen molar-refractivity contribution in [2.75, 3.05) is 30.8 Å². The van der Waals surface area contributed by atoms with Crippen LogP contribution in [0.2, 0.25) is 0 Å². The lowest BCUT2D eigenvalue weighted by Gasteiger charge is -2.20. The van der Waals surface area contributed by atoms with Gasteiger partial charge in [0.1, 0.15) is 9.32 Å². The average molecular weight is 403 g/mol. The van der Waals surface area contributed by atoms with E-state index in [1.54, 1.807) is 6.92 Å². The summed E-state index contributed by atoms with van der Waals surface area (Å²) >= 11 is 8.11. The summed E-state index contributed by atoms with van der Waals surface area (Å²) in [6.45, 7) is 11.7. The summed E-state index contributed by atoms with van der Waals surface area (Å²) in [4.78, 5) is 27.6. The molecule has 1 heterocycles. The number of nitrogens with one attached hydrogen (secondary N) is 1. The fraction of sp³-hybridized carbons (Fsp3) is 0.588. The van der Waals surface area contributed by atoms with Gasteiger partial charge in [0.2, 0.25) is 5.91 Å². The smallest absolute Gasteiger partial charge is 0.341 e. The van der Waals surface area contributed by atoms with E-state index in [0.29, 0.717) is 21.5 Å². The number of ether oxygens (including phenoxy) is 1. The van der Waals surface area contributed by atoms with Crippen LogP contribution in [0.15, 0.2) is 0 Å². The van der Waals surface area contributed by atoms with E-state index in [1.165, 1.54) is 23.1 Å². The molecule has 0 spiro atoms. The number of thioether (sulfide) groups is 1. The number of hydrogen-bond acceptors (Lipinski definition) is 6. The molecule has 0 aromatic carbocycles. The van der Waals surface area contributed by atoms with Crippen molar-refractivity contribution in [1.29, 1.82) is 0 Å². The molecule has 0 unspecified atom stereocenters. The summed E-state index contributed by atoms with van der Waals surface area (Å²) in [5.74, 6) is -0.345. The molecule has 1 N–H and O–H groups in total. The lowest BCUT2D eigenvalue weighted by molar-refractivity contribution is -0.113. The molecule has 0 atom stereocenters. The summed E-state index contributed by atoms with van der Waals surface area (Å²) in [5.41, 5.74) is 1.35. The van der Waals surface area contributed by atoms with E-state index in [2.05, 4.69) is 5.32 Å². The molecule has 140 valence electrons. The zero-order chi connectivity index (χ0) is 19.0. The van der Waals surface area contributed by atoms with Crippen molar-refractivity contribution in [2.45, 2.75) is 41.0 Å². The first-order chi connectivity index (χ1) is 11.9. The van der Waals surface area contributed by atoms with Crippen molar-refractivity contribution < 1.29 is 14.3 Å². The van der Waals surface area contributed by atoms with Gasteiger partial charge in [0, 0.05) is 18.0 Å². The Morgan fingerprint density at radius 1 is 1.24 bits per heavy atom. The number of anilines is 1. The standard InChI is InChI=1S/C17H26N2O3S3/c1-6-12-11(5)14(16(21)22-9-4)15(25-12)18-13(20)10-24-17(23)19(7-2)8-3/h6-10H2,1-5H3,(H,18,20). The van der Waals surface area contributed by atoms with Crippen molar-refractivity contribution >= 4 is 56.5 Å². The molecular formula is C17H26N2O3S3. The van der Waals surface area contributed by atoms with E-state index in [-0.39, 0.29) is 11.7 Å². The second kappa shape index (κ2) is 10.8. The number of hydrogen-bond donors (Lipinski definition) is 1. The van der Waals surface area contributed by atoms with Gasteiger partial charge < -0.3 is 15.0 Å².